The number of hydrogen-bond donors (Lipinski definition) is 0. The first-order valence-corrected chi connectivity index (χ1v) is 5.97. The molecule has 0 atom stereocenters. The number of carbonyl (C=O) groups is 2. The maximum atomic E-state index is 11.6. The lowest BCUT2D eigenvalue weighted by molar-refractivity contribution is -0.135. The van der Waals surface area contributed by atoms with E-state index in [9.17, 15) is 9.59 Å². The topological polar surface area (TPSA) is 43.4 Å². The Morgan fingerprint density at radius 2 is 1.94 bits per heavy atom. The van der Waals surface area contributed by atoms with Crippen LogP contribution in [0.3, 0.4) is 0 Å². The summed E-state index contributed by atoms with van der Waals surface area (Å²) >= 11 is 4.07. The van der Waals surface area contributed by atoms with Crippen molar-refractivity contribution in [2.75, 3.05) is 7.11 Å². The molecule has 0 spiro atoms. The second kappa shape index (κ2) is 6.50. The van der Waals surface area contributed by atoms with Gasteiger partial charge in [0.25, 0.3) is 0 Å². The molecule has 0 unspecified atom stereocenters. The first kappa shape index (κ1) is 13.0. The van der Waals surface area contributed by atoms with E-state index in [4.69, 9.17) is 0 Å². The zero-order valence-electron chi connectivity index (χ0n) is 8.48. The van der Waals surface area contributed by atoms with Crippen molar-refractivity contribution in [3.8, 4) is 0 Å². The van der Waals surface area contributed by atoms with Gasteiger partial charge in [-0.2, -0.15) is 0 Å². The van der Waals surface area contributed by atoms with Crippen molar-refractivity contribution < 1.29 is 14.3 Å². The van der Waals surface area contributed by atoms with Crippen LogP contribution >= 0.6 is 27.7 Å². The first-order valence-electron chi connectivity index (χ1n) is 4.36. The molecule has 16 heavy (non-hydrogen) atoms. The maximum Gasteiger partial charge on any atom is 0.331 e. The van der Waals surface area contributed by atoms with Gasteiger partial charge in [-0.05, 0) is 39.8 Å². The van der Waals surface area contributed by atoms with Gasteiger partial charge in [0.05, 0.1) is 11.6 Å². The number of rotatable bonds is 3. The van der Waals surface area contributed by atoms with Gasteiger partial charge >= 0.3 is 5.97 Å². The highest BCUT2D eigenvalue weighted by Crippen LogP contribution is 2.24. The molecule has 0 aliphatic heterocycles. The predicted octanol–water partition coefficient (Wildman–Crippen LogP) is 2.76. The average Bonchev–Trinajstić information content (AvgIpc) is 2.30. The smallest absolute Gasteiger partial charge is 0.331 e. The summed E-state index contributed by atoms with van der Waals surface area (Å²) in [5, 5.41) is -0.239. The Hall–Kier alpha value is -1.07. The summed E-state index contributed by atoms with van der Waals surface area (Å²) in [4.78, 5) is 23.3. The van der Waals surface area contributed by atoms with Crippen LogP contribution in [0, 0.1) is 0 Å². The standard InChI is InChI=1S/C11H9BrO3S/c1-15-10(13)7-9(12)11(14)16-8-5-3-2-4-6-8/h2-7H,1H3/b9-7+. The third kappa shape index (κ3) is 4.20. The van der Waals surface area contributed by atoms with Crippen molar-refractivity contribution in [2.45, 2.75) is 4.90 Å². The fraction of sp³-hybridized carbons (Fsp3) is 0.0909. The molecule has 0 radical (unpaired) electrons. The van der Waals surface area contributed by atoms with E-state index in [0.29, 0.717) is 0 Å². The SMILES string of the molecule is COC(=O)/C=C(/Br)C(=O)Sc1ccccc1. The number of ether oxygens (including phenoxy) is 1. The van der Waals surface area contributed by atoms with Crippen molar-refractivity contribution in [2.24, 2.45) is 0 Å². The van der Waals surface area contributed by atoms with Gasteiger partial charge in [-0.3, -0.25) is 4.79 Å². The number of carbonyl (C=O) groups excluding carboxylic acids is 2. The van der Waals surface area contributed by atoms with Gasteiger partial charge in [-0.25, -0.2) is 4.79 Å². The van der Waals surface area contributed by atoms with Crippen LogP contribution in [0.4, 0.5) is 0 Å². The van der Waals surface area contributed by atoms with E-state index in [1.54, 1.807) is 0 Å². The Balaban J connectivity index is 2.66. The largest absolute Gasteiger partial charge is 0.466 e. The van der Waals surface area contributed by atoms with Crippen LogP contribution in [0.2, 0.25) is 0 Å². The molecule has 0 amide bonds. The van der Waals surface area contributed by atoms with Crippen LogP contribution in [0.5, 0.6) is 0 Å². The number of hydrogen-bond acceptors (Lipinski definition) is 4. The molecule has 1 aromatic carbocycles. The van der Waals surface area contributed by atoms with Gasteiger partial charge in [-0.1, -0.05) is 18.2 Å². The number of methoxy groups -OCH3 is 1. The normalized spacial score (nSPS) is 11.0. The minimum atomic E-state index is -0.561. The van der Waals surface area contributed by atoms with Crippen molar-refractivity contribution in [3.05, 3.63) is 40.9 Å². The lowest BCUT2D eigenvalue weighted by Gasteiger charge is -1.99. The molecule has 0 bridgehead atoms. The zero-order valence-corrected chi connectivity index (χ0v) is 10.9. The Bertz CT molecular complexity index is 414. The summed E-state index contributed by atoms with van der Waals surface area (Å²) in [5.74, 6) is -0.561. The van der Waals surface area contributed by atoms with Crippen molar-refractivity contribution in [1.29, 1.82) is 0 Å². The number of halogens is 1. The molecule has 0 fully saturated rings. The average molecular weight is 301 g/mol. The molecular formula is C11H9BrO3S. The molecular weight excluding hydrogens is 292 g/mol. The summed E-state index contributed by atoms with van der Waals surface area (Å²) in [6.07, 6.45) is 1.11. The van der Waals surface area contributed by atoms with Crippen molar-refractivity contribution in [1.82, 2.24) is 0 Å². The van der Waals surface area contributed by atoms with Crippen LogP contribution in [0.25, 0.3) is 0 Å². The molecule has 5 heteroatoms. The van der Waals surface area contributed by atoms with Gasteiger partial charge < -0.3 is 4.74 Å². The third-order valence-electron chi connectivity index (χ3n) is 1.59. The fourth-order valence-corrected chi connectivity index (χ4v) is 1.96. The van der Waals surface area contributed by atoms with E-state index in [1.807, 2.05) is 30.3 Å². The van der Waals surface area contributed by atoms with Crippen LogP contribution < -0.4 is 0 Å². The molecule has 0 heterocycles. The highest BCUT2D eigenvalue weighted by atomic mass is 79.9. The van der Waals surface area contributed by atoms with E-state index < -0.39 is 5.97 Å². The number of thioether (sulfide) groups is 1. The summed E-state index contributed by atoms with van der Waals surface area (Å²) in [5.41, 5.74) is 0. The fourth-order valence-electron chi connectivity index (χ4n) is 0.866. The molecule has 3 nitrogen and oxygen atoms in total. The summed E-state index contributed by atoms with van der Waals surface area (Å²) in [6, 6.07) is 9.19. The second-order valence-corrected chi connectivity index (χ2v) is 4.62. The number of esters is 1. The minimum Gasteiger partial charge on any atom is -0.466 e. The molecule has 0 saturated carbocycles. The Morgan fingerprint density at radius 1 is 1.31 bits per heavy atom. The predicted molar refractivity (Wildman–Crippen MR) is 66.3 cm³/mol. The maximum absolute atomic E-state index is 11.6. The highest BCUT2D eigenvalue weighted by Gasteiger charge is 2.10. The van der Waals surface area contributed by atoms with Crippen molar-refractivity contribution >= 4 is 38.8 Å². The second-order valence-electron chi connectivity index (χ2n) is 2.72. The highest BCUT2D eigenvalue weighted by molar-refractivity contribution is 9.12. The molecule has 0 saturated heterocycles. The van der Waals surface area contributed by atoms with Crippen LogP contribution in [-0.2, 0) is 14.3 Å². The van der Waals surface area contributed by atoms with Crippen LogP contribution in [-0.4, -0.2) is 18.2 Å². The quantitative estimate of drug-likeness (QED) is 0.489. The van der Waals surface area contributed by atoms with E-state index >= 15 is 0 Å². The van der Waals surface area contributed by atoms with Gasteiger partial charge in [-0.15, -0.1) is 0 Å². The van der Waals surface area contributed by atoms with E-state index in [2.05, 4.69) is 20.7 Å². The third-order valence-corrected chi connectivity index (χ3v) is 3.36. The molecule has 0 aromatic heterocycles. The number of benzene rings is 1. The Kier molecular flexibility index (Phi) is 5.28. The molecule has 84 valence electrons. The van der Waals surface area contributed by atoms with Gasteiger partial charge in [0.2, 0.25) is 5.12 Å². The molecule has 0 aliphatic rings. The minimum absolute atomic E-state index is 0.188. The van der Waals surface area contributed by atoms with Gasteiger partial charge in [0.1, 0.15) is 0 Å². The van der Waals surface area contributed by atoms with Crippen LogP contribution in [0.1, 0.15) is 0 Å². The van der Waals surface area contributed by atoms with E-state index in [1.165, 1.54) is 7.11 Å². The van der Waals surface area contributed by atoms with Crippen molar-refractivity contribution in [3.63, 3.8) is 0 Å². The zero-order chi connectivity index (χ0) is 12.0. The summed E-state index contributed by atoms with van der Waals surface area (Å²) < 4.78 is 4.60. The summed E-state index contributed by atoms with van der Waals surface area (Å²) in [7, 11) is 1.26. The van der Waals surface area contributed by atoms with Gasteiger partial charge in [0.15, 0.2) is 0 Å². The lowest BCUT2D eigenvalue weighted by atomic mass is 10.4. The van der Waals surface area contributed by atoms with Gasteiger partial charge in [0, 0.05) is 11.0 Å². The Morgan fingerprint density at radius 3 is 2.50 bits per heavy atom. The Labute approximate surface area is 106 Å². The molecule has 1 rings (SSSR count). The monoisotopic (exact) mass is 300 g/mol. The molecule has 1 aromatic rings. The molecule has 0 aliphatic carbocycles. The molecule has 0 N–H and O–H groups in total. The summed E-state index contributed by atoms with van der Waals surface area (Å²) in [6.45, 7) is 0. The first-order chi connectivity index (χ1) is 7.63. The van der Waals surface area contributed by atoms with Crippen LogP contribution in [0.15, 0.2) is 45.8 Å². The van der Waals surface area contributed by atoms with E-state index in [0.717, 1.165) is 22.7 Å². The van der Waals surface area contributed by atoms with E-state index in [-0.39, 0.29) is 9.60 Å². The lowest BCUT2D eigenvalue weighted by Crippen LogP contribution is -1.99.